The highest BCUT2D eigenvalue weighted by atomic mass is 16.8. The number of allylic oxidation sites excluding steroid dienone is 2. The number of aliphatic carboxylic acids is 1. The van der Waals surface area contributed by atoms with Gasteiger partial charge in [0.2, 0.25) is 0 Å². The Balaban J connectivity index is 1.11. The maximum absolute atomic E-state index is 13.5. The summed E-state index contributed by atoms with van der Waals surface area (Å²) in [4.78, 5) is 39.6. The van der Waals surface area contributed by atoms with Gasteiger partial charge in [-0.15, -0.1) is 0 Å². The van der Waals surface area contributed by atoms with Crippen LogP contribution in [0, 0.1) is 56.2 Å². The largest absolute Gasteiger partial charge is 0.479 e. The predicted molar refractivity (Wildman–Crippen MR) is 269 cm³/mol. The molecule has 79 heavy (non-hydrogen) atoms. The number of hydrogen-bond acceptors (Lipinski definition) is 23. The van der Waals surface area contributed by atoms with Gasteiger partial charge in [0.15, 0.2) is 25.0 Å². The summed E-state index contributed by atoms with van der Waals surface area (Å²) in [6, 6.07) is 0. The van der Waals surface area contributed by atoms with Crippen molar-refractivity contribution in [2.45, 2.75) is 230 Å². The van der Waals surface area contributed by atoms with Gasteiger partial charge in [-0.25, -0.2) is 4.79 Å². The molecule has 452 valence electrons. The smallest absolute Gasteiger partial charge is 0.335 e. The van der Waals surface area contributed by atoms with Crippen molar-refractivity contribution in [3.8, 4) is 0 Å². The van der Waals surface area contributed by atoms with Crippen LogP contribution in [0.2, 0.25) is 0 Å². The average molecular weight is 1130 g/mol. The van der Waals surface area contributed by atoms with Crippen molar-refractivity contribution in [2.75, 3.05) is 26.4 Å². The minimum Gasteiger partial charge on any atom is -0.479 e. The van der Waals surface area contributed by atoms with E-state index in [0.717, 1.165) is 5.57 Å². The zero-order chi connectivity index (χ0) is 58.4. The van der Waals surface area contributed by atoms with Gasteiger partial charge in [0, 0.05) is 17.8 Å². The summed E-state index contributed by atoms with van der Waals surface area (Å²) in [6.45, 7) is 14.5. The van der Waals surface area contributed by atoms with Crippen LogP contribution in [0.1, 0.15) is 114 Å². The Kier molecular flexibility index (Phi) is 18.0. The second-order valence-corrected chi connectivity index (χ2v) is 25.9. The summed E-state index contributed by atoms with van der Waals surface area (Å²) in [5.41, 5.74) is -4.04. The van der Waals surface area contributed by atoms with Gasteiger partial charge in [0.25, 0.3) is 0 Å². The molecule has 0 aromatic carbocycles. The molecule has 7 fully saturated rings. The zero-order valence-electron chi connectivity index (χ0n) is 46.6. The Morgan fingerprint density at radius 1 is 0.671 bits per heavy atom. The summed E-state index contributed by atoms with van der Waals surface area (Å²) in [6.07, 6.45) is -27.4. The van der Waals surface area contributed by atoms with E-state index >= 15 is 0 Å². The molecule has 24 nitrogen and oxygen atoms in total. The predicted octanol–water partition coefficient (Wildman–Crippen LogP) is -1.24. The van der Waals surface area contributed by atoms with E-state index in [1.165, 1.54) is 6.92 Å². The van der Waals surface area contributed by atoms with E-state index in [1.807, 2.05) is 27.7 Å². The van der Waals surface area contributed by atoms with E-state index in [9.17, 15) is 80.8 Å². The van der Waals surface area contributed by atoms with Crippen molar-refractivity contribution < 1.29 is 119 Å². The Labute approximate surface area is 459 Å². The van der Waals surface area contributed by atoms with E-state index in [-0.39, 0.29) is 24.7 Å². The summed E-state index contributed by atoms with van der Waals surface area (Å²) < 4.78 is 48.3. The molecule has 3 aliphatic heterocycles. The van der Waals surface area contributed by atoms with E-state index in [1.54, 1.807) is 6.92 Å². The Hall–Kier alpha value is -2.57. The van der Waals surface area contributed by atoms with Crippen molar-refractivity contribution in [1.29, 1.82) is 0 Å². The minimum absolute atomic E-state index is 0.0787. The summed E-state index contributed by atoms with van der Waals surface area (Å²) in [5, 5.41) is 143. The Morgan fingerprint density at radius 3 is 1.77 bits per heavy atom. The Morgan fingerprint density at radius 2 is 1.25 bits per heavy atom. The normalized spacial score (nSPS) is 50.8. The summed E-state index contributed by atoms with van der Waals surface area (Å²) in [7, 11) is 0. The molecule has 8 aliphatic rings. The van der Waals surface area contributed by atoms with Gasteiger partial charge in [-0.1, -0.05) is 67.0 Å². The molecular formula is C55H88O24. The lowest BCUT2D eigenvalue weighted by Gasteiger charge is -2.72. The molecule has 28 atom stereocenters. The van der Waals surface area contributed by atoms with Crippen LogP contribution in [0.5, 0.6) is 0 Å². The molecule has 4 saturated carbocycles. The van der Waals surface area contributed by atoms with Crippen molar-refractivity contribution in [1.82, 2.24) is 0 Å². The maximum Gasteiger partial charge on any atom is 0.335 e. The number of esters is 2. The first-order valence-electron chi connectivity index (χ1n) is 28.0. The molecule has 0 bridgehead atoms. The first kappa shape index (κ1) is 62.5. The number of aliphatic hydroxyl groups excluding tert-OH is 12. The maximum atomic E-state index is 13.5. The molecule has 5 aliphatic carbocycles. The lowest BCUT2D eigenvalue weighted by Crippen LogP contribution is -2.72. The van der Waals surface area contributed by atoms with Gasteiger partial charge in [0.1, 0.15) is 79.4 Å². The zero-order valence-corrected chi connectivity index (χ0v) is 46.6. The van der Waals surface area contributed by atoms with E-state index in [2.05, 4.69) is 26.8 Å². The number of hydrogen-bond donors (Lipinski definition) is 13. The highest BCUT2D eigenvalue weighted by molar-refractivity contribution is 5.73. The highest BCUT2D eigenvalue weighted by Crippen LogP contribution is 2.76. The first-order chi connectivity index (χ1) is 36.9. The Bertz CT molecular complexity index is 2230. The second-order valence-electron chi connectivity index (χ2n) is 25.9. The van der Waals surface area contributed by atoms with Crippen LogP contribution in [0.4, 0.5) is 0 Å². The molecular weight excluding hydrogens is 1040 g/mol. The van der Waals surface area contributed by atoms with Gasteiger partial charge in [0.05, 0.1) is 50.0 Å². The quantitative estimate of drug-likeness (QED) is 0.0518. The number of carboxylic acids is 1. The molecule has 0 aromatic heterocycles. The van der Waals surface area contributed by atoms with E-state index in [4.69, 9.17) is 37.9 Å². The monoisotopic (exact) mass is 1130 g/mol. The third kappa shape index (κ3) is 10.0. The molecule has 3 saturated heterocycles. The van der Waals surface area contributed by atoms with Crippen LogP contribution in [0.3, 0.4) is 0 Å². The lowest BCUT2D eigenvalue weighted by atomic mass is 9.33. The van der Waals surface area contributed by atoms with E-state index in [0.29, 0.717) is 38.5 Å². The fourth-order valence-corrected chi connectivity index (χ4v) is 16.3. The number of ether oxygens (including phenoxy) is 8. The summed E-state index contributed by atoms with van der Waals surface area (Å²) >= 11 is 0. The second kappa shape index (κ2) is 22.8. The van der Waals surface area contributed by atoms with Crippen molar-refractivity contribution in [3.05, 3.63) is 11.6 Å². The molecule has 3 heterocycles. The van der Waals surface area contributed by atoms with Crippen molar-refractivity contribution in [3.63, 3.8) is 0 Å². The van der Waals surface area contributed by atoms with Crippen molar-refractivity contribution in [2.24, 2.45) is 56.2 Å². The van der Waals surface area contributed by atoms with Gasteiger partial charge in [-0.05, 0) is 85.4 Å². The van der Waals surface area contributed by atoms with Crippen LogP contribution < -0.4 is 0 Å². The number of carboxylic acid groups (broad SMARTS) is 1. The van der Waals surface area contributed by atoms with Gasteiger partial charge in [-0.3, -0.25) is 9.59 Å². The number of carbonyl (C=O) groups excluding carboxylic acids is 2. The molecule has 0 aromatic rings. The van der Waals surface area contributed by atoms with Gasteiger partial charge in [-0.2, -0.15) is 0 Å². The van der Waals surface area contributed by atoms with Crippen molar-refractivity contribution >= 4 is 17.9 Å². The first-order valence-corrected chi connectivity index (χ1v) is 28.0. The van der Waals surface area contributed by atoms with E-state index < -0.39 is 205 Å². The molecule has 1 unspecified atom stereocenters. The standard InChI is InChI=1S/C55H88O24/c1-10-23(2)46(71)79-43-44(72-24(3)60)55(22-59)26(17-50(43,4)5)25-11-12-30-51(6)15-14-32(52(7,21-58)29(51)13-16-53(30,8)54(25,9)18-31(55)61)75-49-41(77-48-38(67)36(65)34(63)28(20-57)74-48)39(68)40(42(78-49)45(69)70)76-47-37(66)35(64)33(62)27(19-56)73-47/h11,23,26-44,47-49,56-59,61-68H,10,12-22H2,1-9H3,(H,69,70)/t23?,26-,27+,28+,29+,30+,31+,32-,33+,34+,35-,36-,37+,38+,39-,40-,41+,42-,43-,44-,47-,48-,49+,51-,52+,53+,54+,55-/m0/s1. The van der Waals surface area contributed by atoms with Crippen LogP contribution in [-0.4, -0.2) is 227 Å². The fraction of sp³-hybridized carbons (Fsp3) is 0.909. The molecule has 0 spiro atoms. The molecule has 0 radical (unpaired) electrons. The third-order valence-electron chi connectivity index (χ3n) is 21.3. The number of rotatable bonds is 15. The average Bonchev–Trinajstić information content (AvgIpc) is 3.29. The molecule has 8 rings (SSSR count). The van der Waals surface area contributed by atoms with Gasteiger partial charge >= 0.3 is 17.9 Å². The number of aliphatic hydroxyl groups is 12. The SMILES string of the molecule is CCC(C)C(=O)O[C@H]1[C@H](OC(C)=O)[C@]2(CO)[C@H](O)C[C@]3(C)C(=CC[C@@H]4[C@@]5(C)CC[C@H](O[C@@H]6O[C@H](C(=O)O)[C@@H](O[C@@H]7O[C@H](CO)[C@@H](O)[C@H](O)[C@H]7O)[C@H](O)[C@H]6O[C@@H]6O[C@H](CO)[C@@H](O)[C@H](O)[C@H]6O)[C@](C)(CO)[C@@H]5CC[C@]43C)[C@@H]2CC1(C)C. The fourth-order valence-electron chi connectivity index (χ4n) is 16.3. The van der Waals surface area contributed by atoms with Crippen LogP contribution >= 0.6 is 0 Å². The van der Waals surface area contributed by atoms with Crippen LogP contribution in [-0.2, 0) is 52.3 Å². The lowest BCUT2D eigenvalue weighted by molar-refractivity contribution is -0.392. The number of carbonyl (C=O) groups is 3. The topological polar surface area (TPSA) is 388 Å². The van der Waals surface area contributed by atoms with Crippen LogP contribution in [0.15, 0.2) is 11.6 Å². The number of fused-ring (bicyclic) bond motifs is 7. The highest BCUT2D eigenvalue weighted by Gasteiger charge is 2.74. The third-order valence-corrected chi connectivity index (χ3v) is 21.3. The summed E-state index contributed by atoms with van der Waals surface area (Å²) in [5.74, 6) is -4.15. The molecule has 0 amide bonds. The minimum atomic E-state index is -2.17. The van der Waals surface area contributed by atoms with Gasteiger partial charge < -0.3 is 104 Å². The molecule has 24 heteroatoms. The molecule has 13 N–H and O–H groups in total. The van der Waals surface area contributed by atoms with Crippen LogP contribution in [0.25, 0.3) is 0 Å².